The highest BCUT2D eigenvalue weighted by atomic mass is 35.5. The molecule has 0 aliphatic heterocycles. The summed E-state index contributed by atoms with van der Waals surface area (Å²) in [6, 6.07) is 14.8. The van der Waals surface area contributed by atoms with Crippen LogP contribution < -0.4 is 15.0 Å². The molecular weight excluding hydrogens is 348 g/mol. The van der Waals surface area contributed by atoms with Crippen LogP contribution in [0.2, 0.25) is 5.02 Å². The molecule has 4 nitrogen and oxygen atoms in total. The number of halogens is 1. The van der Waals surface area contributed by atoms with Gasteiger partial charge in [0, 0.05) is 24.7 Å². The van der Waals surface area contributed by atoms with E-state index in [0.29, 0.717) is 10.8 Å². The maximum Gasteiger partial charge on any atom is 0.264 e. The second kappa shape index (κ2) is 8.64. The van der Waals surface area contributed by atoms with Gasteiger partial charge >= 0.3 is 0 Å². The van der Waals surface area contributed by atoms with Crippen molar-refractivity contribution in [3.05, 3.63) is 59.1 Å². The summed E-state index contributed by atoms with van der Waals surface area (Å²) in [4.78, 5) is 14.4. The minimum atomic E-state index is -1.02. The van der Waals surface area contributed by atoms with E-state index >= 15 is 0 Å². The number of carbonyl (C=O) groups is 1. The van der Waals surface area contributed by atoms with Crippen LogP contribution in [0.4, 0.5) is 5.69 Å². The van der Waals surface area contributed by atoms with E-state index in [-0.39, 0.29) is 12.5 Å². The molecule has 0 atom stereocenters. The molecule has 136 valence electrons. The average molecular weight is 371 g/mol. The smallest absolute Gasteiger partial charge is 0.264 e. The molecule has 0 aliphatic rings. The fourth-order valence-electron chi connectivity index (χ4n) is 2.29. The number of nitrogens with zero attached hydrogens (tertiary/aromatic N) is 1. The summed E-state index contributed by atoms with van der Waals surface area (Å²) < 4.78 is 5.76. The first kappa shape index (κ1) is 19.7. The van der Waals surface area contributed by atoms with Crippen molar-refractivity contribution >= 4 is 23.2 Å². The normalized spacial score (nSPS) is 10.5. The Morgan fingerprint density at radius 3 is 2.46 bits per heavy atom. The fraction of sp³-hybridized carbons (Fsp3) is 0.286. The van der Waals surface area contributed by atoms with E-state index in [1.54, 1.807) is 38.1 Å². The van der Waals surface area contributed by atoms with Crippen LogP contribution in [0.3, 0.4) is 0 Å². The minimum absolute atomic E-state index is 0.234. The first-order chi connectivity index (χ1) is 12.3. The van der Waals surface area contributed by atoms with Crippen LogP contribution in [0.1, 0.15) is 19.4 Å². The standard InChI is InChI=1S/C21H23ClN2O2/c1-21(2,26-18-13-11-17(22)12-14-18)20(25)23-15-7-9-16-8-5-6-10-19(16)24(3)4/h5-6,8,10-14H,15H2,1-4H3,(H,23,25). The molecule has 2 rings (SSSR count). The van der Waals surface area contributed by atoms with Crippen LogP contribution in [0.5, 0.6) is 5.75 Å². The Hall–Kier alpha value is -2.64. The van der Waals surface area contributed by atoms with Crippen molar-refractivity contribution in [3.8, 4) is 17.6 Å². The summed E-state index contributed by atoms with van der Waals surface area (Å²) in [6.45, 7) is 3.67. The van der Waals surface area contributed by atoms with E-state index in [0.717, 1.165) is 11.3 Å². The lowest BCUT2D eigenvalue weighted by atomic mass is 10.1. The Morgan fingerprint density at radius 1 is 1.15 bits per heavy atom. The lowest BCUT2D eigenvalue weighted by Crippen LogP contribution is -2.46. The van der Waals surface area contributed by atoms with Crippen molar-refractivity contribution in [1.29, 1.82) is 0 Å². The zero-order valence-electron chi connectivity index (χ0n) is 15.5. The summed E-state index contributed by atoms with van der Waals surface area (Å²) in [7, 11) is 3.94. The van der Waals surface area contributed by atoms with Gasteiger partial charge in [-0.25, -0.2) is 0 Å². The average Bonchev–Trinajstić information content (AvgIpc) is 2.60. The summed E-state index contributed by atoms with van der Waals surface area (Å²) in [6.07, 6.45) is 0. The molecule has 0 bridgehead atoms. The number of rotatable bonds is 5. The number of nitrogens with one attached hydrogen (secondary N) is 1. The van der Waals surface area contributed by atoms with Crippen molar-refractivity contribution in [2.24, 2.45) is 0 Å². The first-order valence-electron chi connectivity index (χ1n) is 8.28. The first-order valence-corrected chi connectivity index (χ1v) is 8.65. The molecule has 0 unspecified atom stereocenters. The van der Waals surface area contributed by atoms with Gasteiger partial charge in [-0.2, -0.15) is 0 Å². The van der Waals surface area contributed by atoms with Gasteiger partial charge < -0.3 is 15.0 Å². The number of hydrogen-bond acceptors (Lipinski definition) is 3. The van der Waals surface area contributed by atoms with Crippen molar-refractivity contribution < 1.29 is 9.53 Å². The van der Waals surface area contributed by atoms with Crippen molar-refractivity contribution in [2.75, 3.05) is 25.5 Å². The lowest BCUT2D eigenvalue weighted by molar-refractivity contribution is -0.133. The van der Waals surface area contributed by atoms with E-state index in [9.17, 15) is 4.79 Å². The second-order valence-corrected chi connectivity index (χ2v) is 6.90. The predicted molar refractivity (Wildman–Crippen MR) is 107 cm³/mol. The molecule has 2 aromatic carbocycles. The second-order valence-electron chi connectivity index (χ2n) is 6.46. The number of hydrogen-bond donors (Lipinski definition) is 1. The molecular formula is C21H23ClN2O2. The van der Waals surface area contributed by atoms with Gasteiger partial charge in [0.2, 0.25) is 0 Å². The zero-order chi connectivity index (χ0) is 19.2. The van der Waals surface area contributed by atoms with Gasteiger partial charge in [-0.15, -0.1) is 0 Å². The predicted octanol–water partition coefficient (Wildman–Crippen LogP) is 3.73. The van der Waals surface area contributed by atoms with Crippen LogP contribution in [-0.2, 0) is 4.79 Å². The van der Waals surface area contributed by atoms with Gasteiger partial charge in [-0.3, -0.25) is 4.79 Å². The quantitative estimate of drug-likeness (QED) is 0.815. The summed E-state index contributed by atoms with van der Waals surface area (Å²) in [5, 5.41) is 3.41. The fourth-order valence-corrected chi connectivity index (χ4v) is 2.42. The summed E-state index contributed by atoms with van der Waals surface area (Å²) in [5.41, 5.74) is 0.943. The Bertz CT molecular complexity index is 818. The van der Waals surface area contributed by atoms with Gasteiger partial charge in [-0.1, -0.05) is 35.6 Å². The van der Waals surface area contributed by atoms with E-state index in [1.807, 2.05) is 43.3 Å². The Balaban J connectivity index is 1.95. The SMILES string of the molecule is CN(C)c1ccccc1C#CCNC(=O)C(C)(C)Oc1ccc(Cl)cc1. The molecule has 0 saturated carbocycles. The maximum atomic E-state index is 12.4. The molecule has 0 radical (unpaired) electrons. The minimum Gasteiger partial charge on any atom is -0.478 e. The van der Waals surface area contributed by atoms with Crippen LogP contribution >= 0.6 is 11.6 Å². The molecule has 1 N–H and O–H groups in total. The van der Waals surface area contributed by atoms with Gasteiger partial charge in [0.15, 0.2) is 5.60 Å². The highest BCUT2D eigenvalue weighted by Crippen LogP contribution is 2.21. The van der Waals surface area contributed by atoms with Gasteiger partial charge in [0.25, 0.3) is 5.91 Å². The van der Waals surface area contributed by atoms with Crippen LogP contribution in [0.25, 0.3) is 0 Å². The summed E-state index contributed by atoms with van der Waals surface area (Å²) in [5.74, 6) is 6.44. The molecule has 1 amide bonds. The molecule has 0 fully saturated rings. The molecule has 2 aromatic rings. The number of ether oxygens (including phenoxy) is 1. The third kappa shape index (κ3) is 5.44. The van der Waals surface area contributed by atoms with Gasteiger partial charge in [0.1, 0.15) is 5.75 Å². The lowest BCUT2D eigenvalue weighted by Gasteiger charge is -2.24. The van der Waals surface area contributed by atoms with E-state index in [2.05, 4.69) is 17.2 Å². The molecule has 0 aliphatic carbocycles. The van der Waals surface area contributed by atoms with E-state index in [1.165, 1.54) is 0 Å². The van der Waals surface area contributed by atoms with E-state index < -0.39 is 5.60 Å². The largest absolute Gasteiger partial charge is 0.478 e. The number of amides is 1. The zero-order valence-corrected chi connectivity index (χ0v) is 16.2. The van der Waals surface area contributed by atoms with E-state index in [4.69, 9.17) is 16.3 Å². The Morgan fingerprint density at radius 2 is 1.81 bits per heavy atom. The molecule has 0 aromatic heterocycles. The highest BCUT2D eigenvalue weighted by molar-refractivity contribution is 6.30. The number of para-hydroxylation sites is 1. The van der Waals surface area contributed by atoms with Crippen molar-refractivity contribution in [2.45, 2.75) is 19.4 Å². The summed E-state index contributed by atoms with van der Waals surface area (Å²) >= 11 is 5.86. The Kier molecular flexibility index (Phi) is 6.54. The third-order valence-electron chi connectivity index (χ3n) is 3.68. The Labute approximate surface area is 160 Å². The topological polar surface area (TPSA) is 41.6 Å². The van der Waals surface area contributed by atoms with Crippen LogP contribution in [0.15, 0.2) is 48.5 Å². The van der Waals surface area contributed by atoms with Crippen molar-refractivity contribution in [3.63, 3.8) is 0 Å². The molecule has 0 saturated heterocycles. The van der Waals surface area contributed by atoms with Crippen LogP contribution in [0, 0.1) is 11.8 Å². The van der Waals surface area contributed by atoms with Crippen molar-refractivity contribution in [1.82, 2.24) is 5.32 Å². The molecule has 0 heterocycles. The third-order valence-corrected chi connectivity index (χ3v) is 3.93. The molecule has 26 heavy (non-hydrogen) atoms. The number of anilines is 1. The van der Waals surface area contributed by atoms with Gasteiger partial charge in [-0.05, 0) is 50.2 Å². The molecule has 5 heteroatoms. The maximum absolute atomic E-state index is 12.4. The number of benzene rings is 2. The monoisotopic (exact) mass is 370 g/mol. The van der Waals surface area contributed by atoms with Crippen LogP contribution in [-0.4, -0.2) is 32.1 Å². The van der Waals surface area contributed by atoms with Gasteiger partial charge in [0.05, 0.1) is 12.2 Å². The number of carbonyl (C=O) groups excluding carboxylic acids is 1. The molecule has 0 spiro atoms. The highest BCUT2D eigenvalue weighted by Gasteiger charge is 2.29.